The number of hydrogen-bond donors (Lipinski definition) is 1. The van der Waals surface area contributed by atoms with Gasteiger partial charge in [0, 0.05) is 24.0 Å². The normalized spacial score (nSPS) is 10.9. The third-order valence-electron chi connectivity index (χ3n) is 4.85. The molecule has 0 spiro atoms. The topological polar surface area (TPSA) is 70.7 Å². The second kappa shape index (κ2) is 8.52. The summed E-state index contributed by atoms with van der Waals surface area (Å²) in [4.78, 5) is 16.9. The van der Waals surface area contributed by atoms with Crippen molar-refractivity contribution in [2.24, 2.45) is 0 Å². The maximum absolute atomic E-state index is 14.0. The number of amides is 1. The summed E-state index contributed by atoms with van der Waals surface area (Å²) in [5.41, 5.74) is -0.111. The zero-order valence-electron chi connectivity index (χ0n) is 16.3. The zero-order chi connectivity index (χ0) is 23.9. The summed E-state index contributed by atoms with van der Waals surface area (Å²) < 4.78 is 69.8. The van der Waals surface area contributed by atoms with Crippen LogP contribution in [-0.2, 0) is 6.54 Å². The molecule has 0 aliphatic rings. The van der Waals surface area contributed by atoms with E-state index >= 15 is 0 Å². The molecule has 0 bridgehead atoms. The molecule has 0 radical (unpaired) electrons. The summed E-state index contributed by atoms with van der Waals surface area (Å²) in [6.07, 6.45) is 2.68. The average molecular weight is 477 g/mol. The first kappa shape index (κ1) is 22.2. The number of aromatic nitrogens is 2. The summed E-state index contributed by atoms with van der Waals surface area (Å²) >= 11 is 6.22. The van der Waals surface area contributed by atoms with Crippen molar-refractivity contribution in [1.29, 1.82) is 5.26 Å². The molecule has 0 fully saturated rings. The van der Waals surface area contributed by atoms with Gasteiger partial charge in [0.05, 0.1) is 22.7 Å². The molecule has 1 amide bonds. The third kappa shape index (κ3) is 3.87. The molecule has 11 heteroatoms. The Kier molecular flexibility index (Phi) is 5.74. The smallest absolute Gasteiger partial charge is 0.259 e. The molecular formula is C22H10ClF5N4O. The van der Waals surface area contributed by atoms with Gasteiger partial charge in [-0.3, -0.25) is 9.78 Å². The third-order valence-corrected chi connectivity index (χ3v) is 5.20. The van der Waals surface area contributed by atoms with Crippen molar-refractivity contribution in [2.75, 3.05) is 5.32 Å². The summed E-state index contributed by atoms with van der Waals surface area (Å²) in [7, 11) is 0. The van der Waals surface area contributed by atoms with Gasteiger partial charge in [0.2, 0.25) is 5.82 Å². The number of rotatable bonds is 4. The molecule has 5 nitrogen and oxygen atoms in total. The van der Waals surface area contributed by atoms with Crippen LogP contribution in [0.4, 0.5) is 27.6 Å². The Hall–Kier alpha value is -3.97. The maximum atomic E-state index is 14.0. The highest BCUT2D eigenvalue weighted by atomic mass is 35.5. The second-order valence-corrected chi connectivity index (χ2v) is 7.27. The molecule has 0 unspecified atom stereocenters. The number of carbonyl (C=O) groups excluding carboxylic acids is 1. The number of anilines is 1. The second-order valence-electron chi connectivity index (χ2n) is 6.86. The number of hydrogen-bond acceptors (Lipinski definition) is 3. The number of fused-ring (bicyclic) bond motifs is 1. The van der Waals surface area contributed by atoms with E-state index in [1.165, 1.54) is 18.5 Å². The molecule has 4 rings (SSSR count). The highest BCUT2D eigenvalue weighted by molar-refractivity contribution is 6.31. The van der Waals surface area contributed by atoms with Gasteiger partial charge in [0.15, 0.2) is 23.3 Å². The van der Waals surface area contributed by atoms with Gasteiger partial charge in [-0.05, 0) is 29.8 Å². The van der Waals surface area contributed by atoms with E-state index in [1.54, 1.807) is 34.1 Å². The van der Waals surface area contributed by atoms with E-state index in [0.717, 1.165) is 0 Å². The van der Waals surface area contributed by atoms with Crippen LogP contribution >= 0.6 is 11.6 Å². The number of nitrogens with one attached hydrogen (secondary N) is 1. The SMILES string of the molecule is N#Cc1ccc(Cn2cc(C(=O)Nc3c(F)c(F)c(F)c(F)c3F)c3ncccc32)c(Cl)c1. The summed E-state index contributed by atoms with van der Waals surface area (Å²) in [6, 6.07) is 9.82. The molecule has 1 N–H and O–H groups in total. The molecule has 0 aliphatic carbocycles. The Labute approximate surface area is 187 Å². The summed E-state index contributed by atoms with van der Waals surface area (Å²) in [5.74, 6) is -12.2. The molecule has 4 aromatic rings. The molecule has 2 aromatic carbocycles. The average Bonchev–Trinajstić information content (AvgIpc) is 3.19. The van der Waals surface area contributed by atoms with Gasteiger partial charge in [-0.15, -0.1) is 0 Å². The minimum absolute atomic E-state index is 0.128. The predicted octanol–water partition coefficient (Wildman–Crippen LogP) is 5.56. The van der Waals surface area contributed by atoms with Crippen molar-refractivity contribution in [3.05, 3.63) is 93.5 Å². The first-order valence-corrected chi connectivity index (χ1v) is 9.56. The number of nitriles is 1. The van der Waals surface area contributed by atoms with E-state index in [4.69, 9.17) is 16.9 Å². The first-order chi connectivity index (χ1) is 15.7. The predicted molar refractivity (Wildman–Crippen MR) is 109 cm³/mol. The van der Waals surface area contributed by atoms with Gasteiger partial charge < -0.3 is 9.88 Å². The van der Waals surface area contributed by atoms with Crippen molar-refractivity contribution in [1.82, 2.24) is 9.55 Å². The van der Waals surface area contributed by atoms with E-state index in [0.29, 0.717) is 21.7 Å². The lowest BCUT2D eigenvalue weighted by atomic mass is 10.1. The lowest BCUT2D eigenvalue weighted by Gasteiger charge is -2.09. The number of halogens is 6. The highest BCUT2D eigenvalue weighted by Crippen LogP contribution is 2.29. The van der Waals surface area contributed by atoms with E-state index in [2.05, 4.69) is 4.98 Å². The molecule has 2 aromatic heterocycles. The Morgan fingerprint density at radius 1 is 1.06 bits per heavy atom. The number of nitrogens with zero attached hydrogens (tertiary/aromatic N) is 3. The van der Waals surface area contributed by atoms with Crippen molar-refractivity contribution < 1.29 is 26.7 Å². The lowest BCUT2D eigenvalue weighted by molar-refractivity contribution is 0.102. The highest BCUT2D eigenvalue weighted by Gasteiger charge is 2.28. The molecule has 0 atom stereocenters. The Bertz CT molecular complexity index is 1450. The van der Waals surface area contributed by atoms with Crippen LogP contribution in [0.25, 0.3) is 11.0 Å². The molecular weight excluding hydrogens is 467 g/mol. The molecule has 166 valence electrons. The Morgan fingerprint density at radius 3 is 2.36 bits per heavy atom. The molecule has 2 heterocycles. The fraction of sp³-hybridized carbons (Fsp3) is 0.0455. The standard InChI is InChI=1S/C22H10ClF5N4O/c23-13-6-10(7-29)3-4-11(13)8-32-9-12(20-14(32)2-1-5-30-20)22(33)31-21-18(27)16(25)15(24)17(26)19(21)28/h1-6,9H,8H2,(H,31,33). The maximum Gasteiger partial charge on any atom is 0.259 e. The van der Waals surface area contributed by atoms with Crippen molar-refractivity contribution in [2.45, 2.75) is 6.54 Å². The largest absolute Gasteiger partial charge is 0.341 e. The summed E-state index contributed by atoms with van der Waals surface area (Å²) in [6.45, 7) is 0.141. The van der Waals surface area contributed by atoms with Crippen LogP contribution in [0.2, 0.25) is 5.02 Å². The van der Waals surface area contributed by atoms with Crippen molar-refractivity contribution in [3.63, 3.8) is 0 Å². The van der Waals surface area contributed by atoms with Gasteiger partial charge in [0.1, 0.15) is 11.2 Å². The van der Waals surface area contributed by atoms with E-state index in [-0.39, 0.29) is 17.6 Å². The summed E-state index contributed by atoms with van der Waals surface area (Å²) in [5, 5.41) is 11.0. The van der Waals surface area contributed by atoms with Crippen LogP contribution in [0.15, 0.2) is 42.7 Å². The van der Waals surface area contributed by atoms with Crippen LogP contribution < -0.4 is 5.32 Å². The van der Waals surface area contributed by atoms with Gasteiger partial charge >= 0.3 is 0 Å². The Morgan fingerprint density at radius 2 is 1.73 bits per heavy atom. The number of carbonyl (C=O) groups is 1. The van der Waals surface area contributed by atoms with Crippen LogP contribution in [0, 0.1) is 40.4 Å². The van der Waals surface area contributed by atoms with Gasteiger partial charge in [-0.25, -0.2) is 22.0 Å². The van der Waals surface area contributed by atoms with Gasteiger partial charge in [-0.2, -0.15) is 5.26 Å². The first-order valence-electron chi connectivity index (χ1n) is 9.18. The van der Waals surface area contributed by atoms with Crippen LogP contribution in [-0.4, -0.2) is 15.5 Å². The van der Waals surface area contributed by atoms with E-state index < -0.39 is 40.7 Å². The van der Waals surface area contributed by atoms with Crippen molar-refractivity contribution >= 4 is 34.2 Å². The number of pyridine rings is 1. The minimum atomic E-state index is -2.33. The molecule has 33 heavy (non-hydrogen) atoms. The van der Waals surface area contributed by atoms with Gasteiger partial charge in [-0.1, -0.05) is 17.7 Å². The molecule has 0 saturated heterocycles. The van der Waals surface area contributed by atoms with Crippen LogP contribution in [0.1, 0.15) is 21.5 Å². The van der Waals surface area contributed by atoms with Gasteiger partial charge in [0.25, 0.3) is 5.91 Å². The van der Waals surface area contributed by atoms with Crippen LogP contribution in [0.5, 0.6) is 0 Å². The van der Waals surface area contributed by atoms with E-state index in [9.17, 15) is 26.7 Å². The van der Waals surface area contributed by atoms with Crippen molar-refractivity contribution in [3.8, 4) is 6.07 Å². The fourth-order valence-corrected chi connectivity index (χ4v) is 3.48. The van der Waals surface area contributed by atoms with Crippen LogP contribution in [0.3, 0.4) is 0 Å². The van der Waals surface area contributed by atoms with E-state index in [1.807, 2.05) is 6.07 Å². The Balaban J connectivity index is 1.75. The monoisotopic (exact) mass is 476 g/mol. The zero-order valence-corrected chi connectivity index (χ0v) is 17.0. The molecule has 0 saturated carbocycles. The fourth-order valence-electron chi connectivity index (χ4n) is 3.24. The minimum Gasteiger partial charge on any atom is -0.341 e. The number of benzene rings is 2. The quantitative estimate of drug-likeness (QED) is 0.238. The molecule has 0 aliphatic heterocycles. The lowest BCUT2D eigenvalue weighted by Crippen LogP contribution is -2.17.